The van der Waals surface area contributed by atoms with E-state index in [0.29, 0.717) is 4.75 Å². The van der Waals surface area contributed by atoms with Gasteiger partial charge < -0.3 is 10.4 Å². The van der Waals surface area contributed by atoms with E-state index in [-0.39, 0.29) is 5.92 Å². The molecule has 1 aliphatic rings. The van der Waals surface area contributed by atoms with Gasteiger partial charge in [0.1, 0.15) is 6.04 Å². The Morgan fingerprint density at radius 3 is 2.43 bits per heavy atom. The van der Waals surface area contributed by atoms with Crippen LogP contribution in [0.15, 0.2) is 0 Å². The smallest absolute Gasteiger partial charge is 0.320 e. The predicted octanol–water partition coefficient (Wildman–Crippen LogP) is 1.58. The SMILES string of the molecule is CSC1(CNC(C(=O)O)C(C)C)CC1. The molecule has 0 spiro atoms. The second kappa shape index (κ2) is 4.53. The highest BCUT2D eigenvalue weighted by molar-refractivity contribution is 8.00. The minimum absolute atomic E-state index is 0.144. The highest BCUT2D eigenvalue weighted by Gasteiger charge is 2.42. The molecule has 1 unspecified atom stereocenters. The van der Waals surface area contributed by atoms with Gasteiger partial charge in [-0.2, -0.15) is 11.8 Å². The van der Waals surface area contributed by atoms with Crippen molar-refractivity contribution in [3.05, 3.63) is 0 Å². The Kier molecular flexibility index (Phi) is 3.84. The molecule has 0 aromatic heterocycles. The lowest BCUT2D eigenvalue weighted by atomic mass is 10.0. The summed E-state index contributed by atoms with van der Waals surface area (Å²) in [5, 5.41) is 12.1. The monoisotopic (exact) mass is 217 g/mol. The lowest BCUT2D eigenvalue weighted by molar-refractivity contribution is -0.140. The third-order valence-electron chi connectivity index (χ3n) is 2.82. The molecular weight excluding hydrogens is 198 g/mol. The van der Waals surface area contributed by atoms with Crippen LogP contribution in [0.5, 0.6) is 0 Å². The van der Waals surface area contributed by atoms with E-state index in [1.807, 2.05) is 25.6 Å². The molecule has 2 N–H and O–H groups in total. The third-order valence-corrected chi connectivity index (χ3v) is 4.24. The Bertz CT molecular complexity index is 214. The first-order valence-corrected chi connectivity index (χ1v) is 6.24. The molecule has 0 bridgehead atoms. The van der Waals surface area contributed by atoms with Gasteiger partial charge in [-0.05, 0) is 25.0 Å². The van der Waals surface area contributed by atoms with Crippen LogP contribution in [0.2, 0.25) is 0 Å². The summed E-state index contributed by atoms with van der Waals surface area (Å²) < 4.78 is 0.336. The Morgan fingerprint density at radius 2 is 2.14 bits per heavy atom. The van der Waals surface area contributed by atoms with Crippen molar-refractivity contribution in [2.75, 3.05) is 12.8 Å². The van der Waals surface area contributed by atoms with Gasteiger partial charge >= 0.3 is 5.97 Å². The molecule has 0 aromatic rings. The van der Waals surface area contributed by atoms with E-state index in [0.717, 1.165) is 6.54 Å². The van der Waals surface area contributed by atoms with Crippen molar-refractivity contribution in [1.29, 1.82) is 0 Å². The number of carboxylic acids is 1. The molecule has 1 rings (SSSR count). The van der Waals surface area contributed by atoms with Crippen LogP contribution in [0.3, 0.4) is 0 Å². The molecule has 1 fully saturated rings. The number of carboxylic acid groups (broad SMARTS) is 1. The van der Waals surface area contributed by atoms with E-state index in [4.69, 9.17) is 5.11 Å². The van der Waals surface area contributed by atoms with Gasteiger partial charge in [-0.3, -0.25) is 4.79 Å². The van der Waals surface area contributed by atoms with Crippen molar-refractivity contribution < 1.29 is 9.90 Å². The minimum atomic E-state index is -0.739. The van der Waals surface area contributed by atoms with Crippen LogP contribution in [0, 0.1) is 5.92 Å². The molecule has 0 aromatic carbocycles. The summed E-state index contributed by atoms with van der Waals surface area (Å²) in [5.74, 6) is -0.595. The van der Waals surface area contributed by atoms with E-state index in [1.54, 1.807) is 0 Å². The van der Waals surface area contributed by atoms with Gasteiger partial charge in [0.15, 0.2) is 0 Å². The first kappa shape index (κ1) is 11.9. The van der Waals surface area contributed by atoms with Gasteiger partial charge in [0.2, 0.25) is 0 Å². The van der Waals surface area contributed by atoms with Crippen LogP contribution in [-0.4, -0.2) is 34.7 Å². The Morgan fingerprint density at radius 1 is 1.57 bits per heavy atom. The molecule has 0 saturated heterocycles. The fraction of sp³-hybridized carbons (Fsp3) is 0.900. The highest BCUT2D eigenvalue weighted by atomic mass is 32.2. The first-order valence-electron chi connectivity index (χ1n) is 5.02. The highest BCUT2D eigenvalue weighted by Crippen LogP contribution is 2.46. The van der Waals surface area contributed by atoms with Crippen LogP contribution < -0.4 is 5.32 Å². The number of rotatable bonds is 6. The van der Waals surface area contributed by atoms with E-state index in [1.165, 1.54) is 12.8 Å². The first-order chi connectivity index (χ1) is 6.51. The molecule has 3 nitrogen and oxygen atoms in total. The molecule has 1 aliphatic carbocycles. The maximum atomic E-state index is 10.9. The minimum Gasteiger partial charge on any atom is -0.480 e. The van der Waals surface area contributed by atoms with Gasteiger partial charge in [0, 0.05) is 11.3 Å². The van der Waals surface area contributed by atoms with Gasteiger partial charge in [-0.15, -0.1) is 0 Å². The normalized spacial score (nSPS) is 20.9. The summed E-state index contributed by atoms with van der Waals surface area (Å²) in [6.07, 6.45) is 4.52. The zero-order valence-corrected chi connectivity index (χ0v) is 9.86. The van der Waals surface area contributed by atoms with Crippen LogP contribution >= 0.6 is 11.8 Å². The quantitative estimate of drug-likeness (QED) is 0.709. The summed E-state index contributed by atoms with van der Waals surface area (Å²) in [5.41, 5.74) is 0. The lowest BCUT2D eigenvalue weighted by Gasteiger charge is -2.21. The largest absolute Gasteiger partial charge is 0.480 e. The molecule has 4 heteroatoms. The van der Waals surface area contributed by atoms with E-state index in [9.17, 15) is 4.79 Å². The van der Waals surface area contributed by atoms with Gasteiger partial charge in [0.25, 0.3) is 0 Å². The predicted molar refractivity (Wildman–Crippen MR) is 59.7 cm³/mol. The second-order valence-corrected chi connectivity index (χ2v) is 5.60. The number of aliphatic carboxylic acids is 1. The molecule has 0 amide bonds. The van der Waals surface area contributed by atoms with Crippen molar-refractivity contribution in [2.45, 2.75) is 37.5 Å². The average Bonchev–Trinajstić information content (AvgIpc) is 2.84. The molecule has 82 valence electrons. The van der Waals surface area contributed by atoms with Crippen molar-refractivity contribution in [2.24, 2.45) is 5.92 Å². The Labute approximate surface area is 89.6 Å². The lowest BCUT2D eigenvalue weighted by Crippen LogP contribution is -2.44. The summed E-state index contributed by atoms with van der Waals surface area (Å²) in [7, 11) is 0. The van der Waals surface area contributed by atoms with Crippen LogP contribution in [0.4, 0.5) is 0 Å². The fourth-order valence-electron chi connectivity index (χ4n) is 1.50. The Hall–Kier alpha value is -0.220. The molecule has 1 saturated carbocycles. The van der Waals surface area contributed by atoms with Crippen molar-refractivity contribution in [1.82, 2.24) is 5.32 Å². The molecule has 14 heavy (non-hydrogen) atoms. The van der Waals surface area contributed by atoms with Crippen molar-refractivity contribution >= 4 is 17.7 Å². The van der Waals surface area contributed by atoms with Gasteiger partial charge in [-0.25, -0.2) is 0 Å². The van der Waals surface area contributed by atoms with Crippen molar-refractivity contribution in [3.63, 3.8) is 0 Å². The molecule has 0 radical (unpaired) electrons. The van der Waals surface area contributed by atoms with E-state index < -0.39 is 12.0 Å². The van der Waals surface area contributed by atoms with Gasteiger partial charge in [0.05, 0.1) is 0 Å². The number of carbonyl (C=O) groups is 1. The van der Waals surface area contributed by atoms with Crippen molar-refractivity contribution in [3.8, 4) is 0 Å². The van der Waals surface area contributed by atoms with Crippen LogP contribution in [0.25, 0.3) is 0 Å². The van der Waals surface area contributed by atoms with E-state index in [2.05, 4.69) is 11.6 Å². The number of hydrogen-bond acceptors (Lipinski definition) is 3. The number of hydrogen-bond donors (Lipinski definition) is 2. The third kappa shape index (κ3) is 2.89. The summed E-state index contributed by atoms with van der Waals surface area (Å²) in [6.45, 7) is 4.69. The molecular formula is C10H19NO2S. The average molecular weight is 217 g/mol. The van der Waals surface area contributed by atoms with Gasteiger partial charge in [-0.1, -0.05) is 13.8 Å². The molecule has 0 heterocycles. The van der Waals surface area contributed by atoms with Crippen LogP contribution in [-0.2, 0) is 4.79 Å². The summed E-state index contributed by atoms with van der Waals surface area (Å²) in [4.78, 5) is 10.9. The zero-order chi connectivity index (χ0) is 10.8. The zero-order valence-electron chi connectivity index (χ0n) is 9.04. The standard InChI is InChI=1S/C10H19NO2S/c1-7(2)8(9(12)13)11-6-10(14-3)4-5-10/h7-8,11H,4-6H2,1-3H3,(H,12,13). The number of nitrogens with one attached hydrogen (secondary N) is 1. The Balaban J connectivity index is 2.37. The second-order valence-electron chi connectivity index (χ2n) is 4.33. The molecule has 1 atom stereocenters. The fourth-order valence-corrected chi connectivity index (χ4v) is 2.23. The molecule has 0 aliphatic heterocycles. The van der Waals surface area contributed by atoms with Crippen LogP contribution in [0.1, 0.15) is 26.7 Å². The summed E-state index contributed by atoms with van der Waals surface area (Å²) in [6, 6.07) is -0.403. The topological polar surface area (TPSA) is 49.3 Å². The summed E-state index contributed by atoms with van der Waals surface area (Å²) >= 11 is 1.85. The maximum Gasteiger partial charge on any atom is 0.320 e. The van der Waals surface area contributed by atoms with E-state index >= 15 is 0 Å². The number of thioether (sulfide) groups is 1. The maximum absolute atomic E-state index is 10.9.